The molecule has 1 N–H and O–H groups in total. The summed E-state index contributed by atoms with van der Waals surface area (Å²) in [5.74, 6) is 2.90. The van der Waals surface area contributed by atoms with Gasteiger partial charge in [-0.25, -0.2) is 0 Å². The van der Waals surface area contributed by atoms with Gasteiger partial charge >= 0.3 is 0 Å². The minimum absolute atomic E-state index is 0.536. The highest BCUT2D eigenvalue weighted by Gasteiger charge is 2.25. The van der Waals surface area contributed by atoms with E-state index in [-0.39, 0.29) is 0 Å². The third-order valence-electron chi connectivity index (χ3n) is 3.35. The molecule has 0 aromatic heterocycles. The zero-order valence-corrected chi connectivity index (χ0v) is 12.6. The number of benzene rings is 1. The summed E-state index contributed by atoms with van der Waals surface area (Å²) in [5.41, 5.74) is 1.10. The predicted octanol–water partition coefficient (Wildman–Crippen LogP) is 3.53. The fourth-order valence-electron chi connectivity index (χ4n) is 2.30. The Hall–Kier alpha value is -0.550. The molecule has 3 nitrogen and oxygen atoms in total. The van der Waals surface area contributed by atoms with E-state index < -0.39 is 0 Å². The van der Waals surface area contributed by atoms with E-state index in [9.17, 15) is 0 Å². The second-order valence-electron chi connectivity index (χ2n) is 4.59. The largest absolute Gasteiger partial charge is 0.486 e. The maximum absolute atomic E-state index is 5.62. The molecule has 0 spiro atoms. The van der Waals surface area contributed by atoms with Gasteiger partial charge in [-0.1, -0.05) is 6.92 Å². The summed E-state index contributed by atoms with van der Waals surface area (Å²) in [6.45, 7) is 3.54. The number of thioether (sulfide) groups is 1. The molecule has 3 rings (SSSR count). The second-order valence-corrected chi connectivity index (χ2v) is 6.93. The summed E-state index contributed by atoms with van der Waals surface area (Å²) in [6.07, 6.45) is 1.21. The first kappa shape index (κ1) is 12.5. The van der Waals surface area contributed by atoms with E-state index in [0.29, 0.717) is 24.5 Å². The molecule has 2 aliphatic heterocycles. The maximum Gasteiger partial charge on any atom is 0.163 e. The molecule has 0 bridgehead atoms. The summed E-state index contributed by atoms with van der Waals surface area (Å²) in [7, 11) is 0. The van der Waals surface area contributed by atoms with Crippen molar-refractivity contribution in [2.75, 3.05) is 24.3 Å². The minimum Gasteiger partial charge on any atom is -0.486 e. The van der Waals surface area contributed by atoms with Gasteiger partial charge in [-0.15, -0.1) is 0 Å². The molecule has 2 unspecified atom stereocenters. The Morgan fingerprint density at radius 1 is 1.28 bits per heavy atom. The van der Waals surface area contributed by atoms with Crippen LogP contribution in [0, 0.1) is 0 Å². The van der Waals surface area contributed by atoms with Crippen molar-refractivity contribution in [2.24, 2.45) is 0 Å². The highest BCUT2D eigenvalue weighted by Crippen LogP contribution is 2.39. The average Bonchev–Trinajstić information content (AvgIpc) is 2.76. The van der Waals surface area contributed by atoms with Gasteiger partial charge in [-0.3, -0.25) is 0 Å². The predicted molar refractivity (Wildman–Crippen MR) is 79.1 cm³/mol. The summed E-state index contributed by atoms with van der Waals surface area (Å²) in [4.78, 5) is 0. The maximum atomic E-state index is 5.62. The molecular formula is C13H16BrNO2S. The lowest BCUT2D eigenvalue weighted by molar-refractivity contribution is 0.171. The van der Waals surface area contributed by atoms with Crippen molar-refractivity contribution in [3.63, 3.8) is 0 Å². The van der Waals surface area contributed by atoms with Gasteiger partial charge in [0.15, 0.2) is 11.5 Å². The van der Waals surface area contributed by atoms with Crippen LogP contribution in [0.5, 0.6) is 11.5 Å². The molecule has 18 heavy (non-hydrogen) atoms. The first-order valence-electron chi connectivity index (χ1n) is 6.21. The Morgan fingerprint density at radius 2 is 2.00 bits per heavy atom. The first-order valence-corrected chi connectivity index (χ1v) is 8.05. The van der Waals surface area contributed by atoms with Gasteiger partial charge in [0.1, 0.15) is 13.2 Å². The summed E-state index contributed by atoms with van der Waals surface area (Å²) in [6, 6.07) is 4.56. The van der Waals surface area contributed by atoms with Crippen LogP contribution in [0.15, 0.2) is 16.6 Å². The Balaban J connectivity index is 1.83. The van der Waals surface area contributed by atoms with E-state index in [2.05, 4.69) is 28.2 Å². The lowest BCUT2D eigenvalue weighted by Crippen LogP contribution is -2.25. The Bertz CT molecular complexity index is 455. The summed E-state index contributed by atoms with van der Waals surface area (Å²) >= 11 is 5.62. The number of nitrogens with one attached hydrogen (secondary N) is 1. The molecule has 2 heterocycles. The van der Waals surface area contributed by atoms with Crippen LogP contribution in [-0.2, 0) is 0 Å². The third kappa shape index (κ3) is 2.43. The van der Waals surface area contributed by atoms with Crippen molar-refractivity contribution >= 4 is 33.4 Å². The van der Waals surface area contributed by atoms with Crippen LogP contribution in [-0.4, -0.2) is 30.3 Å². The molecule has 0 saturated carbocycles. The van der Waals surface area contributed by atoms with Crippen LogP contribution in [0.1, 0.15) is 13.3 Å². The van der Waals surface area contributed by atoms with E-state index in [1.54, 1.807) is 0 Å². The van der Waals surface area contributed by atoms with Crippen LogP contribution in [0.4, 0.5) is 5.69 Å². The van der Waals surface area contributed by atoms with E-state index in [4.69, 9.17) is 9.47 Å². The normalized spacial score (nSPS) is 26.1. The van der Waals surface area contributed by atoms with E-state index in [1.165, 1.54) is 12.2 Å². The topological polar surface area (TPSA) is 30.5 Å². The third-order valence-corrected chi connectivity index (χ3v) is 5.33. The van der Waals surface area contributed by atoms with E-state index >= 15 is 0 Å². The summed E-state index contributed by atoms with van der Waals surface area (Å²) in [5, 5.41) is 4.26. The van der Waals surface area contributed by atoms with Gasteiger partial charge in [0, 0.05) is 27.9 Å². The molecule has 1 aromatic carbocycles. The lowest BCUT2D eigenvalue weighted by atomic mass is 10.1. The zero-order chi connectivity index (χ0) is 12.5. The molecule has 1 saturated heterocycles. The lowest BCUT2D eigenvalue weighted by Gasteiger charge is -2.23. The standard InChI is InChI=1S/C13H16BrNO2S/c1-8-10(2-5-18-8)15-11-7-13-12(6-9(11)14)16-3-4-17-13/h6-8,10,15H,2-5H2,1H3. The number of rotatable bonds is 2. The molecule has 2 atom stereocenters. The van der Waals surface area contributed by atoms with Crippen molar-refractivity contribution in [3.05, 3.63) is 16.6 Å². The van der Waals surface area contributed by atoms with Crippen LogP contribution in [0.25, 0.3) is 0 Å². The monoisotopic (exact) mass is 329 g/mol. The Kier molecular flexibility index (Phi) is 3.61. The Labute approximate surface area is 120 Å². The Morgan fingerprint density at radius 3 is 2.67 bits per heavy atom. The van der Waals surface area contributed by atoms with Crippen LogP contribution in [0.3, 0.4) is 0 Å². The van der Waals surface area contributed by atoms with Crippen molar-refractivity contribution in [1.29, 1.82) is 0 Å². The molecule has 98 valence electrons. The van der Waals surface area contributed by atoms with Crippen molar-refractivity contribution in [2.45, 2.75) is 24.6 Å². The summed E-state index contributed by atoms with van der Waals surface area (Å²) < 4.78 is 12.2. The highest BCUT2D eigenvalue weighted by atomic mass is 79.9. The second kappa shape index (κ2) is 5.21. The molecule has 2 aliphatic rings. The van der Waals surface area contributed by atoms with E-state index in [0.717, 1.165) is 21.7 Å². The van der Waals surface area contributed by atoms with Gasteiger partial charge < -0.3 is 14.8 Å². The molecule has 0 radical (unpaired) electrons. The van der Waals surface area contributed by atoms with Crippen molar-refractivity contribution in [1.82, 2.24) is 0 Å². The molecular weight excluding hydrogens is 314 g/mol. The molecule has 1 aromatic rings. The molecule has 0 amide bonds. The van der Waals surface area contributed by atoms with Crippen molar-refractivity contribution < 1.29 is 9.47 Å². The van der Waals surface area contributed by atoms with Crippen LogP contribution < -0.4 is 14.8 Å². The molecule has 5 heteroatoms. The number of ether oxygens (including phenoxy) is 2. The van der Waals surface area contributed by atoms with Crippen LogP contribution in [0.2, 0.25) is 0 Å². The van der Waals surface area contributed by atoms with Crippen molar-refractivity contribution in [3.8, 4) is 11.5 Å². The fraction of sp³-hybridized carbons (Fsp3) is 0.538. The SMILES string of the molecule is CC1SCCC1Nc1cc2c(cc1Br)OCCO2. The molecule has 0 aliphatic carbocycles. The van der Waals surface area contributed by atoms with Gasteiger partial charge in [0.2, 0.25) is 0 Å². The number of hydrogen-bond donors (Lipinski definition) is 1. The first-order chi connectivity index (χ1) is 8.74. The highest BCUT2D eigenvalue weighted by molar-refractivity contribution is 9.10. The number of halogens is 1. The number of fused-ring (bicyclic) bond motifs is 1. The van der Waals surface area contributed by atoms with Gasteiger partial charge in [-0.2, -0.15) is 11.8 Å². The van der Waals surface area contributed by atoms with Crippen LogP contribution >= 0.6 is 27.7 Å². The minimum atomic E-state index is 0.536. The average molecular weight is 330 g/mol. The number of hydrogen-bond acceptors (Lipinski definition) is 4. The quantitative estimate of drug-likeness (QED) is 0.899. The van der Waals surface area contributed by atoms with E-state index in [1.807, 2.05) is 23.9 Å². The number of anilines is 1. The van der Waals surface area contributed by atoms with Gasteiger partial charge in [0.25, 0.3) is 0 Å². The smallest absolute Gasteiger partial charge is 0.163 e. The van der Waals surface area contributed by atoms with Gasteiger partial charge in [0.05, 0.1) is 5.69 Å². The molecule has 1 fully saturated rings. The zero-order valence-electron chi connectivity index (χ0n) is 10.2. The van der Waals surface area contributed by atoms with Gasteiger partial charge in [-0.05, 0) is 28.1 Å². The fourth-order valence-corrected chi connectivity index (χ4v) is 3.93.